The van der Waals surface area contributed by atoms with Crippen LogP contribution in [0.3, 0.4) is 0 Å². The Morgan fingerprint density at radius 2 is 1.94 bits per heavy atom. The van der Waals surface area contributed by atoms with Crippen molar-refractivity contribution < 1.29 is 4.79 Å². The van der Waals surface area contributed by atoms with Crippen molar-refractivity contribution in [1.29, 1.82) is 0 Å². The maximum atomic E-state index is 12.5. The van der Waals surface area contributed by atoms with Crippen LogP contribution in [-0.4, -0.2) is 30.4 Å². The topological polar surface area (TPSA) is 46.3 Å². The molecule has 2 N–H and O–H groups in total. The van der Waals surface area contributed by atoms with Gasteiger partial charge in [0.2, 0.25) is 5.91 Å². The summed E-state index contributed by atoms with van der Waals surface area (Å²) in [6, 6.07) is 0.479. The first kappa shape index (κ1) is 11.9. The van der Waals surface area contributed by atoms with Gasteiger partial charge in [0.25, 0.3) is 0 Å². The number of carbonyl (C=O) groups excluding carboxylic acids is 1. The molecule has 0 unspecified atom stereocenters. The maximum Gasteiger partial charge on any atom is 0.230 e. The van der Waals surface area contributed by atoms with Gasteiger partial charge in [-0.15, -0.1) is 0 Å². The van der Waals surface area contributed by atoms with Crippen LogP contribution in [0.1, 0.15) is 45.4 Å². The van der Waals surface area contributed by atoms with E-state index in [2.05, 4.69) is 6.92 Å². The Labute approximate surface area is 98.4 Å². The highest BCUT2D eigenvalue weighted by molar-refractivity contribution is 5.84. The van der Waals surface area contributed by atoms with Gasteiger partial charge in [-0.25, -0.2) is 0 Å². The Hall–Kier alpha value is -0.570. The van der Waals surface area contributed by atoms with Gasteiger partial charge in [-0.2, -0.15) is 0 Å². The molecule has 16 heavy (non-hydrogen) atoms. The Morgan fingerprint density at radius 1 is 1.38 bits per heavy atom. The van der Waals surface area contributed by atoms with E-state index in [-0.39, 0.29) is 5.41 Å². The summed E-state index contributed by atoms with van der Waals surface area (Å²) in [6.45, 7) is 2.73. The van der Waals surface area contributed by atoms with Gasteiger partial charge in [0.05, 0.1) is 5.41 Å². The maximum absolute atomic E-state index is 12.5. The molecule has 2 aliphatic carbocycles. The summed E-state index contributed by atoms with van der Waals surface area (Å²) in [5.41, 5.74) is 5.61. The van der Waals surface area contributed by atoms with Crippen molar-refractivity contribution in [3.63, 3.8) is 0 Å². The van der Waals surface area contributed by atoms with E-state index in [9.17, 15) is 4.79 Å². The minimum atomic E-state index is -0.212. The minimum absolute atomic E-state index is 0.212. The van der Waals surface area contributed by atoms with Gasteiger partial charge in [-0.05, 0) is 31.6 Å². The minimum Gasteiger partial charge on any atom is -0.342 e. The van der Waals surface area contributed by atoms with Crippen LogP contribution in [0.25, 0.3) is 0 Å². The van der Waals surface area contributed by atoms with Gasteiger partial charge in [0.1, 0.15) is 0 Å². The zero-order chi connectivity index (χ0) is 11.8. The van der Waals surface area contributed by atoms with Crippen molar-refractivity contribution in [2.75, 3.05) is 13.6 Å². The number of rotatable bonds is 3. The van der Waals surface area contributed by atoms with Crippen LogP contribution in [0.15, 0.2) is 0 Å². The normalized spacial score (nSPS) is 34.8. The predicted molar refractivity (Wildman–Crippen MR) is 64.9 cm³/mol. The van der Waals surface area contributed by atoms with Crippen LogP contribution in [0.4, 0.5) is 0 Å². The molecule has 2 saturated carbocycles. The lowest BCUT2D eigenvalue weighted by Gasteiger charge is -2.47. The van der Waals surface area contributed by atoms with E-state index in [1.54, 1.807) is 0 Å². The highest BCUT2D eigenvalue weighted by atomic mass is 16.2. The van der Waals surface area contributed by atoms with Crippen LogP contribution in [0.5, 0.6) is 0 Å². The standard InChI is InChI=1S/C13H24N2O/c1-10-7-13(8-10,9-14)12(16)15(2)11-5-3-4-6-11/h10-11H,3-9,14H2,1-2H3. The Morgan fingerprint density at radius 3 is 2.38 bits per heavy atom. The van der Waals surface area contributed by atoms with Crippen molar-refractivity contribution in [1.82, 2.24) is 4.90 Å². The molecular weight excluding hydrogens is 200 g/mol. The predicted octanol–water partition coefficient (Wildman–Crippen LogP) is 1.76. The molecule has 92 valence electrons. The zero-order valence-electron chi connectivity index (χ0n) is 10.5. The molecule has 0 saturated heterocycles. The van der Waals surface area contributed by atoms with Crippen LogP contribution < -0.4 is 5.73 Å². The van der Waals surface area contributed by atoms with Gasteiger partial charge >= 0.3 is 0 Å². The van der Waals surface area contributed by atoms with Crippen molar-refractivity contribution in [3.8, 4) is 0 Å². The van der Waals surface area contributed by atoms with Gasteiger partial charge in [0, 0.05) is 19.6 Å². The van der Waals surface area contributed by atoms with Gasteiger partial charge < -0.3 is 10.6 Å². The molecule has 0 bridgehead atoms. The first-order chi connectivity index (χ1) is 7.59. The molecule has 2 fully saturated rings. The van der Waals surface area contributed by atoms with Crippen LogP contribution in [0.2, 0.25) is 0 Å². The molecule has 2 aliphatic rings. The second-order valence-electron chi connectivity index (χ2n) is 5.85. The molecule has 3 heteroatoms. The largest absolute Gasteiger partial charge is 0.342 e. The number of amides is 1. The number of nitrogens with two attached hydrogens (primary N) is 1. The molecule has 0 spiro atoms. The van der Waals surface area contributed by atoms with Gasteiger partial charge in [0.15, 0.2) is 0 Å². The molecule has 0 atom stereocenters. The summed E-state index contributed by atoms with van der Waals surface area (Å²) >= 11 is 0. The third kappa shape index (κ3) is 1.86. The molecule has 2 rings (SSSR count). The van der Waals surface area contributed by atoms with Crippen LogP contribution >= 0.6 is 0 Å². The Bertz CT molecular complexity index is 265. The number of carbonyl (C=O) groups is 1. The summed E-state index contributed by atoms with van der Waals surface area (Å²) in [5, 5.41) is 0. The zero-order valence-corrected chi connectivity index (χ0v) is 10.5. The summed E-state index contributed by atoms with van der Waals surface area (Å²) in [6.07, 6.45) is 6.87. The van der Waals surface area contributed by atoms with Gasteiger partial charge in [-0.3, -0.25) is 4.79 Å². The van der Waals surface area contributed by atoms with E-state index < -0.39 is 0 Å². The fourth-order valence-corrected chi connectivity index (χ4v) is 3.53. The lowest BCUT2D eigenvalue weighted by molar-refractivity contribution is -0.150. The molecule has 1 amide bonds. The molecule has 0 aromatic carbocycles. The SMILES string of the molecule is CC1CC(CN)(C(=O)N(C)C2CCCC2)C1. The highest BCUT2D eigenvalue weighted by Crippen LogP contribution is 2.46. The third-order valence-electron chi connectivity index (χ3n) is 4.52. The second-order valence-corrected chi connectivity index (χ2v) is 5.85. The van der Waals surface area contributed by atoms with E-state index in [0.717, 1.165) is 12.8 Å². The van der Waals surface area contributed by atoms with E-state index in [1.165, 1.54) is 25.7 Å². The third-order valence-corrected chi connectivity index (χ3v) is 4.52. The number of nitrogens with zero attached hydrogens (tertiary/aromatic N) is 1. The molecule has 0 aliphatic heterocycles. The molecule has 3 nitrogen and oxygen atoms in total. The molecular formula is C13H24N2O. The van der Waals surface area contributed by atoms with E-state index in [1.807, 2.05) is 11.9 Å². The molecule has 0 aromatic rings. The Balaban J connectivity index is 2.00. The second kappa shape index (κ2) is 4.36. The van der Waals surface area contributed by atoms with Crippen molar-refractivity contribution in [2.45, 2.75) is 51.5 Å². The van der Waals surface area contributed by atoms with Crippen molar-refractivity contribution in [2.24, 2.45) is 17.1 Å². The van der Waals surface area contributed by atoms with Crippen molar-refractivity contribution >= 4 is 5.91 Å². The lowest BCUT2D eigenvalue weighted by atomic mass is 9.61. The first-order valence-corrected chi connectivity index (χ1v) is 6.56. The van der Waals surface area contributed by atoms with Crippen LogP contribution in [0, 0.1) is 11.3 Å². The van der Waals surface area contributed by atoms with E-state index in [0.29, 0.717) is 24.4 Å². The average Bonchev–Trinajstić information content (AvgIpc) is 2.75. The highest BCUT2D eigenvalue weighted by Gasteiger charge is 2.49. The summed E-state index contributed by atoms with van der Waals surface area (Å²) in [5.74, 6) is 0.976. The summed E-state index contributed by atoms with van der Waals surface area (Å²) in [4.78, 5) is 14.4. The smallest absolute Gasteiger partial charge is 0.230 e. The summed E-state index contributed by atoms with van der Waals surface area (Å²) in [7, 11) is 1.97. The monoisotopic (exact) mass is 224 g/mol. The van der Waals surface area contributed by atoms with Gasteiger partial charge in [-0.1, -0.05) is 19.8 Å². The quantitative estimate of drug-likeness (QED) is 0.794. The molecule has 0 aromatic heterocycles. The van der Waals surface area contributed by atoms with E-state index in [4.69, 9.17) is 5.73 Å². The average molecular weight is 224 g/mol. The number of hydrogen-bond acceptors (Lipinski definition) is 2. The lowest BCUT2D eigenvalue weighted by Crippen LogP contribution is -2.55. The number of hydrogen-bond donors (Lipinski definition) is 1. The van der Waals surface area contributed by atoms with Crippen LogP contribution in [-0.2, 0) is 4.79 Å². The molecule has 0 heterocycles. The fourth-order valence-electron chi connectivity index (χ4n) is 3.53. The summed E-state index contributed by atoms with van der Waals surface area (Å²) < 4.78 is 0. The van der Waals surface area contributed by atoms with E-state index >= 15 is 0 Å². The fraction of sp³-hybridized carbons (Fsp3) is 0.923. The molecule has 0 radical (unpaired) electrons. The first-order valence-electron chi connectivity index (χ1n) is 6.56. The Kier molecular flexibility index (Phi) is 3.24. The van der Waals surface area contributed by atoms with Crippen molar-refractivity contribution in [3.05, 3.63) is 0 Å².